The third-order valence-corrected chi connectivity index (χ3v) is 4.36. The summed E-state index contributed by atoms with van der Waals surface area (Å²) < 4.78 is 27.1. The van der Waals surface area contributed by atoms with Gasteiger partial charge in [0.15, 0.2) is 0 Å². The number of rotatable bonds is 6. The predicted molar refractivity (Wildman–Crippen MR) is 98.5 cm³/mol. The summed E-state index contributed by atoms with van der Waals surface area (Å²) in [5, 5.41) is 4.67. The van der Waals surface area contributed by atoms with E-state index in [9.17, 15) is 13.6 Å². The summed E-state index contributed by atoms with van der Waals surface area (Å²) in [4.78, 5) is 16.3. The van der Waals surface area contributed by atoms with Gasteiger partial charge in [-0.05, 0) is 47.9 Å². The molecule has 6 heteroatoms. The van der Waals surface area contributed by atoms with E-state index < -0.39 is 6.04 Å². The topological polar surface area (TPSA) is 42.0 Å². The monoisotopic (exact) mass is 370 g/mol. The number of benzene rings is 2. The molecule has 1 atom stereocenters. The Labute approximate surface area is 154 Å². The Morgan fingerprint density at radius 3 is 2.62 bits per heavy atom. The van der Waals surface area contributed by atoms with Crippen molar-refractivity contribution in [3.63, 3.8) is 0 Å². The van der Waals surface area contributed by atoms with Crippen LogP contribution in [-0.4, -0.2) is 10.9 Å². The zero-order valence-corrected chi connectivity index (χ0v) is 14.5. The molecule has 0 saturated heterocycles. The van der Waals surface area contributed by atoms with Gasteiger partial charge in [-0.25, -0.2) is 13.8 Å². The summed E-state index contributed by atoms with van der Waals surface area (Å²) in [6.45, 7) is 0. The Bertz CT molecular complexity index is 910. The van der Waals surface area contributed by atoms with E-state index in [2.05, 4.69) is 10.3 Å². The van der Waals surface area contributed by atoms with Crippen LogP contribution in [0.2, 0.25) is 0 Å². The molecule has 3 nitrogen and oxygen atoms in total. The van der Waals surface area contributed by atoms with Gasteiger partial charge in [0.25, 0.3) is 0 Å². The Kier molecular flexibility index (Phi) is 5.86. The molecule has 0 aliphatic heterocycles. The maximum atomic E-state index is 13.6. The molecule has 0 saturated carbocycles. The summed E-state index contributed by atoms with van der Waals surface area (Å²) in [5.74, 6) is -1.07. The van der Waals surface area contributed by atoms with Crippen LogP contribution >= 0.6 is 11.3 Å². The third kappa shape index (κ3) is 5.07. The van der Waals surface area contributed by atoms with Gasteiger partial charge in [0.1, 0.15) is 11.6 Å². The predicted octanol–water partition coefficient (Wildman–Crippen LogP) is 4.53. The third-order valence-electron chi connectivity index (χ3n) is 3.75. The van der Waals surface area contributed by atoms with Crippen LogP contribution in [0.25, 0.3) is 6.08 Å². The van der Waals surface area contributed by atoms with Gasteiger partial charge in [-0.3, -0.25) is 4.79 Å². The fourth-order valence-corrected chi connectivity index (χ4v) is 3.08. The quantitative estimate of drug-likeness (QED) is 0.648. The van der Waals surface area contributed by atoms with E-state index in [1.165, 1.54) is 41.7 Å². The van der Waals surface area contributed by atoms with E-state index >= 15 is 0 Å². The van der Waals surface area contributed by atoms with E-state index in [-0.39, 0.29) is 17.5 Å². The van der Waals surface area contributed by atoms with Gasteiger partial charge in [-0.2, -0.15) is 0 Å². The first kappa shape index (κ1) is 17.9. The average Bonchev–Trinajstić information content (AvgIpc) is 3.13. The summed E-state index contributed by atoms with van der Waals surface area (Å²) in [5.41, 5.74) is 3.70. The molecule has 0 aliphatic carbocycles. The van der Waals surface area contributed by atoms with Crippen molar-refractivity contribution < 1.29 is 13.6 Å². The van der Waals surface area contributed by atoms with Crippen LogP contribution in [0.15, 0.2) is 65.5 Å². The number of carbonyl (C=O) groups excluding carboxylic acids is 1. The fraction of sp³-hybridized carbons (Fsp3) is 0.100. The van der Waals surface area contributed by atoms with Crippen LogP contribution in [0, 0.1) is 11.6 Å². The van der Waals surface area contributed by atoms with Crippen molar-refractivity contribution in [1.82, 2.24) is 10.3 Å². The minimum Gasteiger partial charge on any atom is -0.345 e. The van der Waals surface area contributed by atoms with Crippen LogP contribution in [0.3, 0.4) is 0 Å². The highest BCUT2D eigenvalue weighted by Gasteiger charge is 2.15. The Morgan fingerprint density at radius 2 is 1.92 bits per heavy atom. The van der Waals surface area contributed by atoms with Gasteiger partial charge in [-0.1, -0.05) is 24.3 Å². The molecule has 0 bridgehead atoms. The van der Waals surface area contributed by atoms with E-state index in [1.807, 2.05) is 5.38 Å². The zero-order valence-electron chi connectivity index (χ0n) is 13.7. The molecule has 0 radical (unpaired) electrons. The largest absolute Gasteiger partial charge is 0.345 e. The molecule has 26 heavy (non-hydrogen) atoms. The Morgan fingerprint density at radius 1 is 1.15 bits per heavy atom. The fourth-order valence-electron chi connectivity index (χ4n) is 2.56. The Balaban J connectivity index is 1.79. The van der Waals surface area contributed by atoms with Crippen LogP contribution in [0.5, 0.6) is 0 Å². The molecule has 1 heterocycles. The van der Waals surface area contributed by atoms with Gasteiger partial charge >= 0.3 is 0 Å². The lowest BCUT2D eigenvalue weighted by Crippen LogP contribution is -2.28. The second kappa shape index (κ2) is 8.49. The number of aromatic nitrogens is 1. The molecule has 1 aromatic heterocycles. The molecule has 3 aromatic rings. The first-order chi connectivity index (χ1) is 12.6. The molecule has 0 fully saturated rings. The summed E-state index contributed by atoms with van der Waals surface area (Å²) in [6, 6.07) is 11.7. The second-order valence-corrected chi connectivity index (χ2v) is 6.42. The normalized spacial score (nSPS) is 12.2. The lowest BCUT2D eigenvalue weighted by molar-refractivity contribution is -0.117. The zero-order chi connectivity index (χ0) is 18.4. The molecular formula is C20H16F2N2OS. The van der Waals surface area contributed by atoms with Crippen LogP contribution in [-0.2, 0) is 11.2 Å². The highest BCUT2D eigenvalue weighted by molar-refractivity contribution is 7.07. The van der Waals surface area contributed by atoms with E-state index in [1.54, 1.807) is 35.9 Å². The number of nitrogens with one attached hydrogen (secondary N) is 1. The smallest absolute Gasteiger partial charge is 0.244 e. The lowest BCUT2D eigenvalue weighted by Gasteiger charge is -2.19. The molecule has 132 valence electrons. The molecule has 0 unspecified atom stereocenters. The molecule has 1 amide bonds. The van der Waals surface area contributed by atoms with E-state index in [4.69, 9.17) is 0 Å². The van der Waals surface area contributed by atoms with Gasteiger partial charge in [0.05, 0.1) is 17.2 Å². The van der Waals surface area contributed by atoms with Crippen molar-refractivity contribution in [1.29, 1.82) is 0 Å². The average molecular weight is 370 g/mol. The van der Waals surface area contributed by atoms with Gasteiger partial charge < -0.3 is 5.32 Å². The number of hydrogen-bond donors (Lipinski definition) is 1. The Hall–Kier alpha value is -2.86. The van der Waals surface area contributed by atoms with E-state index in [0.29, 0.717) is 23.2 Å². The number of thiazole rings is 1. The van der Waals surface area contributed by atoms with Crippen molar-refractivity contribution in [2.75, 3.05) is 0 Å². The van der Waals surface area contributed by atoms with Gasteiger partial charge in [-0.15, -0.1) is 11.3 Å². The summed E-state index contributed by atoms with van der Waals surface area (Å²) in [6.07, 6.45) is 3.33. The minimum atomic E-state index is -0.486. The first-order valence-corrected chi connectivity index (χ1v) is 8.91. The van der Waals surface area contributed by atoms with Crippen molar-refractivity contribution in [3.05, 3.63) is 94.0 Å². The number of carbonyl (C=O) groups is 1. The minimum absolute atomic E-state index is 0.330. The highest BCUT2D eigenvalue weighted by atomic mass is 32.1. The number of nitrogens with zero attached hydrogens (tertiary/aromatic N) is 1. The first-order valence-electron chi connectivity index (χ1n) is 7.97. The number of hydrogen-bond acceptors (Lipinski definition) is 3. The molecule has 1 N–H and O–H groups in total. The van der Waals surface area contributed by atoms with E-state index in [0.717, 1.165) is 0 Å². The molecule has 0 aliphatic rings. The van der Waals surface area contributed by atoms with Crippen LogP contribution in [0.1, 0.15) is 22.9 Å². The van der Waals surface area contributed by atoms with Gasteiger partial charge in [0.2, 0.25) is 5.91 Å². The number of halogens is 2. The van der Waals surface area contributed by atoms with Gasteiger partial charge in [0, 0.05) is 11.5 Å². The standard InChI is InChI=1S/C20H16F2N2OS/c21-16-5-1-3-14(9-16)10-19(15-4-2-6-17(22)11-15)24-20(25)8-7-18-12-26-13-23-18/h1-9,11-13,19H,10H2,(H,24,25)/b8-7-/t19-/m0/s1. The van der Waals surface area contributed by atoms with Crippen molar-refractivity contribution in [2.24, 2.45) is 0 Å². The summed E-state index contributed by atoms with van der Waals surface area (Å²) in [7, 11) is 0. The maximum Gasteiger partial charge on any atom is 0.244 e. The van der Waals surface area contributed by atoms with Crippen molar-refractivity contribution in [2.45, 2.75) is 12.5 Å². The highest BCUT2D eigenvalue weighted by Crippen LogP contribution is 2.20. The van der Waals surface area contributed by atoms with Crippen molar-refractivity contribution >= 4 is 23.3 Å². The molecular weight excluding hydrogens is 354 g/mol. The van der Waals surface area contributed by atoms with Crippen LogP contribution < -0.4 is 5.32 Å². The SMILES string of the molecule is O=C(/C=C\c1cscn1)N[C@@H](Cc1cccc(F)c1)c1cccc(F)c1. The lowest BCUT2D eigenvalue weighted by atomic mass is 9.98. The molecule has 3 rings (SSSR count). The number of amides is 1. The second-order valence-electron chi connectivity index (χ2n) is 5.70. The summed E-state index contributed by atoms with van der Waals surface area (Å²) >= 11 is 1.44. The van der Waals surface area contributed by atoms with Crippen LogP contribution in [0.4, 0.5) is 8.78 Å². The molecule has 0 spiro atoms. The van der Waals surface area contributed by atoms with Crippen molar-refractivity contribution in [3.8, 4) is 0 Å². The maximum absolute atomic E-state index is 13.6. The molecule has 2 aromatic carbocycles.